The Morgan fingerprint density at radius 1 is 0.967 bits per heavy atom. The molecule has 3 rings (SSSR count). The van der Waals surface area contributed by atoms with E-state index in [0.29, 0.717) is 24.5 Å². The monoisotopic (exact) mass is 449 g/mol. The maximum absolute atomic E-state index is 13.0. The minimum Gasteiger partial charge on any atom is -0.325 e. The summed E-state index contributed by atoms with van der Waals surface area (Å²) in [4.78, 5) is 23.9. The fraction of sp³-hybridized carbons (Fsp3) is 0.333. The molecule has 0 saturated carbocycles. The molecule has 1 aliphatic rings. The number of nitrogens with one attached hydrogen (secondary N) is 2. The lowest BCUT2D eigenvalue weighted by Gasteiger charge is -2.20. The Morgan fingerprint density at radius 3 is 2.30 bits per heavy atom. The summed E-state index contributed by atoms with van der Waals surface area (Å²) in [5.41, 5.74) is 1.10. The van der Waals surface area contributed by atoms with Crippen LogP contribution in [0.5, 0.6) is 0 Å². The van der Waals surface area contributed by atoms with E-state index in [4.69, 9.17) is 11.6 Å². The Bertz CT molecular complexity index is 1050. The molecular formula is C21H24ClN3O4S. The summed E-state index contributed by atoms with van der Waals surface area (Å²) in [6.45, 7) is 2.37. The molecule has 1 fully saturated rings. The Hall–Kier alpha value is -2.42. The van der Waals surface area contributed by atoms with Crippen LogP contribution >= 0.6 is 11.6 Å². The minimum atomic E-state index is -3.65. The van der Waals surface area contributed by atoms with Gasteiger partial charge >= 0.3 is 0 Å². The smallest absolute Gasteiger partial charge is 0.255 e. The molecule has 30 heavy (non-hydrogen) atoms. The standard InChI is InChI=1S/C21H24ClN3O4S/c1-15(26)23-20-10-9-17(14-19(20)22)24-21(27)16-7-6-8-18(13-16)30(28,29)25-11-4-2-3-5-12-25/h6-10,13-14H,2-5,11-12H2,1H3,(H,23,26)(H,24,27). The highest BCUT2D eigenvalue weighted by molar-refractivity contribution is 7.89. The predicted molar refractivity (Wildman–Crippen MR) is 117 cm³/mol. The number of anilines is 2. The Balaban J connectivity index is 1.77. The van der Waals surface area contributed by atoms with Crippen molar-refractivity contribution in [1.82, 2.24) is 4.31 Å². The molecule has 160 valence electrons. The quantitative estimate of drug-likeness (QED) is 0.717. The molecule has 0 unspecified atom stereocenters. The van der Waals surface area contributed by atoms with Crippen molar-refractivity contribution in [1.29, 1.82) is 0 Å². The highest BCUT2D eigenvalue weighted by atomic mass is 35.5. The fourth-order valence-electron chi connectivity index (χ4n) is 3.32. The summed E-state index contributed by atoms with van der Waals surface area (Å²) in [6, 6.07) is 10.7. The second-order valence-corrected chi connectivity index (χ2v) is 9.52. The largest absolute Gasteiger partial charge is 0.325 e. The van der Waals surface area contributed by atoms with Crippen molar-refractivity contribution in [3.63, 3.8) is 0 Å². The first-order valence-corrected chi connectivity index (χ1v) is 11.6. The van der Waals surface area contributed by atoms with E-state index in [1.807, 2.05) is 0 Å². The van der Waals surface area contributed by atoms with Crippen LogP contribution < -0.4 is 10.6 Å². The summed E-state index contributed by atoms with van der Waals surface area (Å²) in [5, 5.41) is 5.57. The van der Waals surface area contributed by atoms with Gasteiger partial charge in [-0.15, -0.1) is 0 Å². The van der Waals surface area contributed by atoms with E-state index >= 15 is 0 Å². The topological polar surface area (TPSA) is 95.6 Å². The first-order chi connectivity index (χ1) is 14.3. The average Bonchev–Trinajstić information content (AvgIpc) is 3.00. The van der Waals surface area contributed by atoms with E-state index in [0.717, 1.165) is 25.7 Å². The van der Waals surface area contributed by atoms with Gasteiger partial charge in [0.1, 0.15) is 0 Å². The third-order valence-corrected chi connectivity index (χ3v) is 7.04. The molecule has 1 saturated heterocycles. The number of carbonyl (C=O) groups is 2. The van der Waals surface area contributed by atoms with Crippen molar-refractivity contribution in [2.45, 2.75) is 37.5 Å². The van der Waals surface area contributed by atoms with E-state index in [-0.39, 0.29) is 21.4 Å². The molecule has 9 heteroatoms. The molecule has 0 spiro atoms. The number of sulfonamides is 1. The highest BCUT2D eigenvalue weighted by Gasteiger charge is 2.25. The fourth-order valence-corrected chi connectivity index (χ4v) is 5.11. The van der Waals surface area contributed by atoms with Crippen molar-refractivity contribution in [2.75, 3.05) is 23.7 Å². The van der Waals surface area contributed by atoms with Crippen molar-refractivity contribution in [3.8, 4) is 0 Å². The van der Waals surface area contributed by atoms with Crippen LogP contribution in [0.25, 0.3) is 0 Å². The van der Waals surface area contributed by atoms with Gasteiger partial charge in [-0.1, -0.05) is 30.5 Å². The van der Waals surface area contributed by atoms with Gasteiger partial charge in [0.25, 0.3) is 5.91 Å². The zero-order valence-electron chi connectivity index (χ0n) is 16.7. The number of halogens is 1. The Kier molecular flexibility index (Phi) is 7.12. The Labute approximate surface area is 181 Å². The predicted octanol–water partition coefficient (Wildman–Crippen LogP) is 4.12. The van der Waals surface area contributed by atoms with Crippen LogP contribution in [0.3, 0.4) is 0 Å². The van der Waals surface area contributed by atoms with Crippen LogP contribution in [0.1, 0.15) is 43.0 Å². The molecule has 0 atom stereocenters. The number of carbonyl (C=O) groups excluding carboxylic acids is 2. The number of rotatable bonds is 5. The van der Waals surface area contributed by atoms with Gasteiger partial charge in [0.05, 0.1) is 15.6 Å². The molecule has 2 aromatic carbocycles. The lowest BCUT2D eigenvalue weighted by Crippen LogP contribution is -2.32. The maximum Gasteiger partial charge on any atom is 0.255 e. The summed E-state index contributed by atoms with van der Waals surface area (Å²) >= 11 is 6.14. The molecular weight excluding hydrogens is 426 g/mol. The van der Waals surface area contributed by atoms with Crippen molar-refractivity contribution in [3.05, 3.63) is 53.1 Å². The molecule has 0 bridgehead atoms. The van der Waals surface area contributed by atoms with E-state index in [9.17, 15) is 18.0 Å². The van der Waals surface area contributed by atoms with Gasteiger partial charge in [-0.2, -0.15) is 4.31 Å². The molecule has 2 N–H and O–H groups in total. The molecule has 0 aromatic heterocycles. The summed E-state index contributed by atoms with van der Waals surface area (Å²) in [7, 11) is -3.65. The summed E-state index contributed by atoms with van der Waals surface area (Å²) in [6.07, 6.45) is 3.73. The number of amides is 2. The van der Waals surface area contributed by atoms with E-state index in [1.165, 1.54) is 29.4 Å². The summed E-state index contributed by atoms with van der Waals surface area (Å²) in [5.74, 6) is -0.706. The van der Waals surface area contributed by atoms with Crippen LogP contribution in [0.4, 0.5) is 11.4 Å². The minimum absolute atomic E-state index is 0.107. The molecule has 2 aromatic rings. The molecule has 1 heterocycles. The van der Waals surface area contributed by atoms with Gasteiger partial charge in [0.15, 0.2) is 0 Å². The number of nitrogens with zero attached hydrogens (tertiary/aromatic N) is 1. The Morgan fingerprint density at radius 2 is 1.67 bits per heavy atom. The number of hydrogen-bond acceptors (Lipinski definition) is 4. The van der Waals surface area contributed by atoms with Crippen LogP contribution in [-0.4, -0.2) is 37.6 Å². The second kappa shape index (κ2) is 9.59. The van der Waals surface area contributed by atoms with Crippen LogP contribution in [0.15, 0.2) is 47.4 Å². The van der Waals surface area contributed by atoms with E-state index < -0.39 is 15.9 Å². The first-order valence-electron chi connectivity index (χ1n) is 9.76. The lowest BCUT2D eigenvalue weighted by molar-refractivity contribution is -0.114. The van der Waals surface area contributed by atoms with Gasteiger partial charge in [-0.05, 0) is 49.2 Å². The summed E-state index contributed by atoms with van der Waals surface area (Å²) < 4.78 is 27.5. The van der Waals surface area contributed by atoms with Crippen molar-refractivity contribution < 1.29 is 18.0 Å². The first kappa shape index (κ1) is 22.3. The highest BCUT2D eigenvalue weighted by Crippen LogP contribution is 2.26. The normalized spacial score (nSPS) is 15.3. The van der Waals surface area contributed by atoms with Gasteiger partial charge in [-0.25, -0.2) is 8.42 Å². The van der Waals surface area contributed by atoms with Crippen molar-refractivity contribution in [2.24, 2.45) is 0 Å². The molecule has 2 amide bonds. The van der Waals surface area contributed by atoms with Crippen LogP contribution in [0.2, 0.25) is 5.02 Å². The van der Waals surface area contributed by atoms with Gasteiger partial charge in [0, 0.05) is 31.3 Å². The van der Waals surface area contributed by atoms with Crippen LogP contribution in [-0.2, 0) is 14.8 Å². The number of hydrogen-bond donors (Lipinski definition) is 2. The molecule has 7 nitrogen and oxygen atoms in total. The molecule has 0 aliphatic carbocycles. The third kappa shape index (κ3) is 5.38. The zero-order chi connectivity index (χ0) is 21.7. The average molecular weight is 450 g/mol. The molecule has 1 aliphatic heterocycles. The zero-order valence-corrected chi connectivity index (χ0v) is 18.2. The molecule has 0 radical (unpaired) electrons. The van der Waals surface area contributed by atoms with Crippen LogP contribution in [0, 0.1) is 0 Å². The van der Waals surface area contributed by atoms with Gasteiger partial charge in [0.2, 0.25) is 15.9 Å². The van der Waals surface area contributed by atoms with Crippen molar-refractivity contribution >= 4 is 44.8 Å². The van der Waals surface area contributed by atoms with Gasteiger partial charge < -0.3 is 10.6 Å². The van der Waals surface area contributed by atoms with Gasteiger partial charge in [-0.3, -0.25) is 9.59 Å². The second-order valence-electron chi connectivity index (χ2n) is 7.18. The van der Waals surface area contributed by atoms with E-state index in [2.05, 4.69) is 10.6 Å². The SMILES string of the molecule is CC(=O)Nc1ccc(NC(=O)c2cccc(S(=O)(=O)N3CCCCCC3)c2)cc1Cl. The van der Waals surface area contributed by atoms with E-state index in [1.54, 1.807) is 24.3 Å². The third-order valence-electron chi connectivity index (χ3n) is 4.84. The lowest BCUT2D eigenvalue weighted by atomic mass is 10.2. The maximum atomic E-state index is 13.0. The number of benzene rings is 2.